The first-order chi connectivity index (χ1) is 30.5. The highest BCUT2D eigenvalue weighted by Gasteiger charge is 2.52. The van der Waals surface area contributed by atoms with Crippen LogP contribution in [-0.4, -0.2) is 18.8 Å². The molecule has 0 fully saturated rings. The highest BCUT2D eigenvalue weighted by atomic mass is 19.2. The molecule has 0 saturated heterocycles. The molecule has 0 aliphatic heterocycles. The summed E-state index contributed by atoms with van der Waals surface area (Å²) in [6.45, 7) is 0.253. The predicted molar refractivity (Wildman–Crippen MR) is 181 cm³/mol. The van der Waals surface area contributed by atoms with Gasteiger partial charge in [0.05, 0.1) is 0 Å². The molecule has 1 aromatic heterocycles. The fraction of sp³-hybridized carbons (Fsp3) is 0.0526. The molecule has 6 rings (SSSR count). The third kappa shape index (κ3) is 8.10. The zero-order chi connectivity index (χ0) is 48.6. The van der Waals surface area contributed by atoms with Crippen molar-refractivity contribution in [2.75, 3.05) is 6.73 Å². The number of pyridine rings is 1. The van der Waals surface area contributed by atoms with Crippen LogP contribution in [0, 0.1) is 116 Å². The summed E-state index contributed by atoms with van der Waals surface area (Å²) in [5.41, 5.74) is -4.68. The van der Waals surface area contributed by atoms with Crippen molar-refractivity contribution in [1.29, 1.82) is 0 Å². The van der Waals surface area contributed by atoms with Crippen LogP contribution in [0.3, 0.4) is 0 Å². The summed E-state index contributed by atoms with van der Waals surface area (Å²) in [6, 6.07) is 15.1. The van der Waals surface area contributed by atoms with E-state index >= 15 is 35.1 Å². The van der Waals surface area contributed by atoms with Gasteiger partial charge in [-0.3, -0.25) is 0 Å². The summed E-state index contributed by atoms with van der Waals surface area (Å²) >= 11 is 0. The molecule has 1 heterocycles. The van der Waals surface area contributed by atoms with Gasteiger partial charge in [-0.25, -0.2) is 92.6 Å². The zero-order valence-electron chi connectivity index (χ0n) is 30.9. The first-order valence-corrected chi connectivity index (χ1v) is 16.9. The lowest BCUT2D eigenvalue weighted by Crippen LogP contribution is -2.81. The van der Waals surface area contributed by atoms with Crippen molar-refractivity contribution in [3.05, 3.63) is 193 Å². The third-order valence-electron chi connectivity index (χ3n) is 9.37. The first kappa shape index (κ1) is 48.7. The van der Waals surface area contributed by atoms with Gasteiger partial charge in [0.15, 0.2) is 89.3 Å². The summed E-state index contributed by atoms with van der Waals surface area (Å²) in [5.74, 6) is -71.9. The Morgan fingerprint density at radius 3 is 1.06 bits per heavy atom. The lowest BCUT2D eigenvalue weighted by molar-refractivity contribution is -0.690. The van der Waals surface area contributed by atoms with Crippen LogP contribution in [0.15, 0.2) is 59.8 Å². The molecule has 340 valence electrons. The summed E-state index contributed by atoms with van der Waals surface area (Å²) in [5, 5.41) is 3.18. The van der Waals surface area contributed by atoms with Gasteiger partial charge in [0.2, 0.25) is 0 Å². The monoisotopic (exact) mass is 948 g/mol. The molecule has 0 atom stereocenters. The second-order valence-electron chi connectivity index (χ2n) is 12.8. The molecule has 65 heavy (non-hydrogen) atoms. The standard InChI is InChI=1S/C24BF20.C14H13N4O2/c26-5-1(6(27)14(35)21(42)13(5)34)25(2-7(28)15(36)22(43)16(37)8(2)29,3-9(30)17(38)23(44)18(39)10(3)31)4-11(32)19(40)24(45)20(41)12(4)33;15-17-16-11-20-14(19)13-8-4-5-9-18(13)10-12-6-2-1-3-7-12/h;1-9H,10-11H2/q-1;+1. The number of ether oxygens (including phenoxy) is 1. The van der Waals surface area contributed by atoms with Crippen LogP contribution < -0.4 is 26.4 Å². The second kappa shape index (κ2) is 18.8. The van der Waals surface area contributed by atoms with Crippen LogP contribution in [0.25, 0.3) is 10.4 Å². The van der Waals surface area contributed by atoms with Crippen molar-refractivity contribution in [1.82, 2.24) is 0 Å². The van der Waals surface area contributed by atoms with E-state index in [0.717, 1.165) is 5.56 Å². The van der Waals surface area contributed by atoms with Crippen LogP contribution in [0.4, 0.5) is 87.8 Å². The largest absolute Gasteiger partial charge is 0.452 e. The number of hydrogen-bond donors (Lipinski definition) is 0. The minimum atomic E-state index is -7.22. The number of halogens is 20. The van der Waals surface area contributed by atoms with Gasteiger partial charge in [0, 0.05) is 22.6 Å². The molecule has 6 nitrogen and oxygen atoms in total. The predicted octanol–water partition coefficient (Wildman–Crippen LogP) is 8.29. The first-order valence-electron chi connectivity index (χ1n) is 16.9. The lowest BCUT2D eigenvalue weighted by atomic mass is 9.12. The molecule has 0 N–H and O–H groups in total. The molecule has 0 saturated carbocycles. The smallest absolute Gasteiger partial charge is 0.403 e. The van der Waals surface area contributed by atoms with Gasteiger partial charge in [0.1, 0.15) is 52.7 Å². The number of azide groups is 1. The van der Waals surface area contributed by atoms with E-state index in [-0.39, 0.29) is 6.73 Å². The summed E-state index contributed by atoms with van der Waals surface area (Å²) < 4.78 is 301. The fourth-order valence-electron chi connectivity index (χ4n) is 6.64. The Balaban J connectivity index is 0.000000330. The molecular weight excluding hydrogens is 935 g/mol. The molecule has 0 bridgehead atoms. The number of carbonyl (C=O) groups excluding carboxylic acids is 1. The summed E-state index contributed by atoms with van der Waals surface area (Å²) in [6.07, 6.45) is -5.41. The highest BCUT2D eigenvalue weighted by Crippen LogP contribution is 2.30. The average molecular weight is 948 g/mol. The van der Waals surface area contributed by atoms with E-state index in [1.807, 2.05) is 36.4 Å². The number of carbonyl (C=O) groups is 1. The van der Waals surface area contributed by atoms with Crippen LogP contribution in [0.1, 0.15) is 16.1 Å². The Hall–Kier alpha value is -7.31. The van der Waals surface area contributed by atoms with Crippen LogP contribution in [0.5, 0.6) is 0 Å². The number of aromatic nitrogens is 1. The Labute approximate surface area is 347 Å². The minimum absolute atomic E-state index is 0.310. The normalized spacial score (nSPS) is 11.3. The molecule has 0 aliphatic rings. The number of hydrogen-bond acceptors (Lipinski definition) is 3. The van der Waals surface area contributed by atoms with E-state index in [0.29, 0.717) is 12.2 Å². The number of rotatable bonds is 9. The molecular formula is C38H13BF20N4O2. The van der Waals surface area contributed by atoms with Gasteiger partial charge >= 0.3 is 5.97 Å². The minimum Gasteiger partial charge on any atom is -0.452 e. The Morgan fingerprint density at radius 1 is 0.462 bits per heavy atom. The molecule has 5 aromatic carbocycles. The van der Waals surface area contributed by atoms with E-state index in [4.69, 9.17) is 10.3 Å². The van der Waals surface area contributed by atoms with Gasteiger partial charge in [-0.1, -0.05) is 35.4 Å². The molecule has 27 heteroatoms. The van der Waals surface area contributed by atoms with E-state index in [1.54, 1.807) is 22.9 Å². The number of benzene rings is 5. The van der Waals surface area contributed by atoms with Crippen molar-refractivity contribution in [3.63, 3.8) is 0 Å². The van der Waals surface area contributed by atoms with Gasteiger partial charge in [0.25, 0.3) is 5.69 Å². The third-order valence-corrected chi connectivity index (χ3v) is 9.37. The van der Waals surface area contributed by atoms with Gasteiger partial charge < -0.3 is 4.74 Å². The van der Waals surface area contributed by atoms with E-state index in [1.165, 1.54) is 0 Å². The van der Waals surface area contributed by atoms with E-state index < -0.39 is 150 Å². The molecule has 0 unspecified atom stereocenters. The molecule has 6 aromatic rings. The molecule has 0 aliphatic carbocycles. The Morgan fingerprint density at radius 2 is 0.754 bits per heavy atom. The van der Waals surface area contributed by atoms with Crippen molar-refractivity contribution >= 4 is 34.0 Å². The van der Waals surface area contributed by atoms with Gasteiger partial charge in [-0.15, -0.1) is 21.9 Å². The van der Waals surface area contributed by atoms with Crippen molar-refractivity contribution < 1.29 is 102 Å². The van der Waals surface area contributed by atoms with E-state index in [9.17, 15) is 57.5 Å². The van der Waals surface area contributed by atoms with Crippen LogP contribution in [0.2, 0.25) is 0 Å². The number of esters is 1. The summed E-state index contributed by atoms with van der Waals surface area (Å²) in [4.78, 5) is 14.4. The van der Waals surface area contributed by atoms with Crippen molar-refractivity contribution in [2.24, 2.45) is 5.11 Å². The SMILES string of the molecule is Fc1c(F)c(F)c([B-](c2c(F)c(F)c(F)c(F)c2F)(c2c(F)c(F)c(F)c(F)c2F)c2c(F)c(F)c(F)c(F)c2F)c(F)c1F.[N-]=[N+]=NCOC(=O)c1cccc[n+]1Cc1ccccc1. The maximum atomic E-state index is 15.4. The Kier molecular flexibility index (Phi) is 14.1. The maximum Gasteiger partial charge on any atom is 0.403 e. The number of nitrogens with zero attached hydrogens (tertiary/aromatic N) is 4. The molecule has 0 radical (unpaired) electrons. The maximum absolute atomic E-state index is 15.4. The van der Waals surface area contributed by atoms with Gasteiger partial charge in [-0.2, -0.15) is 4.57 Å². The Bertz CT molecular complexity index is 2570. The van der Waals surface area contributed by atoms with Crippen LogP contribution in [-0.2, 0) is 11.3 Å². The highest BCUT2D eigenvalue weighted by molar-refractivity contribution is 7.20. The van der Waals surface area contributed by atoms with Crippen molar-refractivity contribution in [2.45, 2.75) is 6.54 Å². The topological polar surface area (TPSA) is 78.9 Å². The zero-order valence-corrected chi connectivity index (χ0v) is 30.9. The second-order valence-corrected chi connectivity index (χ2v) is 12.8. The van der Waals surface area contributed by atoms with Crippen LogP contribution >= 0.6 is 0 Å². The van der Waals surface area contributed by atoms with Crippen molar-refractivity contribution in [3.8, 4) is 0 Å². The molecule has 0 spiro atoms. The lowest BCUT2D eigenvalue weighted by Gasteiger charge is -2.44. The average Bonchev–Trinajstić information content (AvgIpc) is 3.29. The van der Waals surface area contributed by atoms with E-state index in [2.05, 4.69) is 10.0 Å². The summed E-state index contributed by atoms with van der Waals surface area (Å²) in [7, 11) is 0. The molecule has 0 amide bonds. The quantitative estimate of drug-likeness (QED) is 0.0169. The fourth-order valence-corrected chi connectivity index (χ4v) is 6.64. The van der Waals surface area contributed by atoms with Gasteiger partial charge in [-0.05, 0) is 11.6 Å².